The van der Waals surface area contributed by atoms with Gasteiger partial charge in [0, 0.05) is 26.3 Å². The Balaban J connectivity index is 2.21. The average molecular weight is 192 g/mol. The predicted molar refractivity (Wildman–Crippen MR) is 56.3 cm³/mol. The molecule has 0 aliphatic carbocycles. The van der Waals surface area contributed by atoms with E-state index >= 15 is 0 Å². The number of aromatic nitrogens is 2. The third kappa shape index (κ3) is 1.85. The molecule has 0 bridgehead atoms. The van der Waals surface area contributed by atoms with Gasteiger partial charge in [0.05, 0.1) is 5.69 Å². The van der Waals surface area contributed by atoms with E-state index < -0.39 is 0 Å². The maximum Gasteiger partial charge on any atom is 0.225 e. The lowest BCUT2D eigenvalue weighted by Crippen LogP contribution is -2.18. The molecule has 2 heterocycles. The Morgan fingerprint density at radius 1 is 1.50 bits per heavy atom. The van der Waals surface area contributed by atoms with Gasteiger partial charge < -0.3 is 10.2 Å². The maximum atomic E-state index is 4.51. The van der Waals surface area contributed by atoms with E-state index in [1.165, 1.54) is 12.8 Å². The fraction of sp³-hybridized carbons (Fsp3) is 0.600. The zero-order chi connectivity index (χ0) is 9.97. The van der Waals surface area contributed by atoms with Crippen molar-refractivity contribution in [3.8, 4) is 0 Å². The average Bonchev–Trinajstić information content (AvgIpc) is 2.71. The van der Waals surface area contributed by atoms with Gasteiger partial charge in [-0.1, -0.05) is 0 Å². The molecule has 2 rings (SSSR count). The van der Waals surface area contributed by atoms with Crippen LogP contribution in [0.5, 0.6) is 0 Å². The van der Waals surface area contributed by atoms with Gasteiger partial charge in [0.2, 0.25) is 5.95 Å². The summed E-state index contributed by atoms with van der Waals surface area (Å²) in [5.74, 6) is 0.788. The van der Waals surface area contributed by atoms with Gasteiger partial charge in [0.1, 0.15) is 0 Å². The second kappa shape index (κ2) is 3.92. The second-order valence-electron chi connectivity index (χ2n) is 3.82. The van der Waals surface area contributed by atoms with E-state index in [4.69, 9.17) is 0 Å². The van der Waals surface area contributed by atoms with E-state index in [0.29, 0.717) is 6.04 Å². The standard InChI is InChI=1S/C10H16N4/c1-14(2)10-12-7-5-9(13-10)8-4-3-6-11-8/h5,7-8,11H,3-4,6H2,1-2H3/t8-/m1/s1. The minimum Gasteiger partial charge on any atom is -0.347 e. The van der Waals surface area contributed by atoms with Crippen molar-refractivity contribution in [3.63, 3.8) is 0 Å². The van der Waals surface area contributed by atoms with Gasteiger partial charge in [0.15, 0.2) is 0 Å². The highest BCUT2D eigenvalue weighted by atomic mass is 15.2. The Morgan fingerprint density at radius 3 is 3.00 bits per heavy atom. The van der Waals surface area contributed by atoms with Crippen LogP contribution >= 0.6 is 0 Å². The molecule has 1 atom stereocenters. The van der Waals surface area contributed by atoms with Crippen molar-refractivity contribution in [1.82, 2.24) is 15.3 Å². The van der Waals surface area contributed by atoms with Crippen LogP contribution in [0.1, 0.15) is 24.6 Å². The number of nitrogens with zero attached hydrogens (tertiary/aromatic N) is 3. The topological polar surface area (TPSA) is 41.1 Å². The van der Waals surface area contributed by atoms with E-state index in [2.05, 4.69) is 15.3 Å². The van der Waals surface area contributed by atoms with Gasteiger partial charge in [-0.15, -0.1) is 0 Å². The zero-order valence-corrected chi connectivity index (χ0v) is 8.70. The largest absolute Gasteiger partial charge is 0.347 e. The molecule has 1 aromatic heterocycles. The molecular formula is C10H16N4. The maximum absolute atomic E-state index is 4.51. The van der Waals surface area contributed by atoms with Gasteiger partial charge in [-0.05, 0) is 25.5 Å². The Kier molecular flexibility index (Phi) is 2.63. The molecule has 0 aromatic carbocycles. The first kappa shape index (κ1) is 9.40. The molecule has 14 heavy (non-hydrogen) atoms. The van der Waals surface area contributed by atoms with Crippen LogP contribution in [0, 0.1) is 0 Å². The number of hydrogen-bond donors (Lipinski definition) is 1. The summed E-state index contributed by atoms with van der Waals surface area (Å²) in [7, 11) is 3.92. The minimum atomic E-state index is 0.427. The number of rotatable bonds is 2. The Hall–Kier alpha value is -1.16. The quantitative estimate of drug-likeness (QED) is 0.758. The summed E-state index contributed by atoms with van der Waals surface area (Å²) in [6, 6.07) is 2.42. The smallest absolute Gasteiger partial charge is 0.225 e. The molecule has 1 N–H and O–H groups in total. The number of hydrogen-bond acceptors (Lipinski definition) is 4. The molecule has 4 nitrogen and oxygen atoms in total. The molecule has 0 spiro atoms. The molecule has 0 amide bonds. The monoisotopic (exact) mass is 192 g/mol. The summed E-state index contributed by atoms with van der Waals surface area (Å²) < 4.78 is 0. The number of nitrogens with one attached hydrogen (secondary N) is 1. The molecule has 1 aliphatic rings. The molecule has 76 valence electrons. The van der Waals surface area contributed by atoms with Crippen molar-refractivity contribution in [1.29, 1.82) is 0 Å². The van der Waals surface area contributed by atoms with Crippen molar-refractivity contribution in [3.05, 3.63) is 18.0 Å². The normalized spacial score (nSPS) is 21.1. The van der Waals surface area contributed by atoms with Crippen molar-refractivity contribution in [2.45, 2.75) is 18.9 Å². The molecule has 0 unspecified atom stereocenters. The zero-order valence-electron chi connectivity index (χ0n) is 8.70. The van der Waals surface area contributed by atoms with Gasteiger partial charge in [-0.25, -0.2) is 9.97 Å². The van der Waals surface area contributed by atoms with E-state index in [0.717, 1.165) is 18.2 Å². The summed E-state index contributed by atoms with van der Waals surface area (Å²) in [5.41, 5.74) is 1.11. The molecule has 0 radical (unpaired) electrons. The van der Waals surface area contributed by atoms with Gasteiger partial charge >= 0.3 is 0 Å². The van der Waals surface area contributed by atoms with E-state index in [1.807, 2.05) is 31.3 Å². The van der Waals surface area contributed by atoms with E-state index in [9.17, 15) is 0 Å². The predicted octanol–water partition coefficient (Wildman–Crippen LogP) is 0.967. The van der Waals surface area contributed by atoms with Crippen LogP contribution in [-0.4, -0.2) is 30.6 Å². The summed E-state index contributed by atoms with van der Waals surface area (Å²) in [5, 5.41) is 3.43. The Morgan fingerprint density at radius 2 is 2.36 bits per heavy atom. The molecular weight excluding hydrogens is 176 g/mol. The molecule has 1 saturated heterocycles. The van der Waals surface area contributed by atoms with Gasteiger partial charge in [0.25, 0.3) is 0 Å². The molecule has 1 aromatic rings. The van der Waals surface area contributed by atoms with E-state index in [-0.39, 0.29) is 0 Å². The first-order chi connectivity index (χ1) is 6.77. The third-order valence-electron chi connectivity index (χ3n) is 2.48. The lowest BCUT2D eigenvalue weighted by Gasteiger charge is -2.13. The SMILES string of the molecule is CN(C)c1nccc([C@H]2CCCN2)n1. The molecule has 4 heteroatoms. The first-order valence-electron chi connectivity index (χ1n) is 5.01. The highest BCUT2D eigenvalue weighted by Gasteiger charge is 2.17. The molecule has 0 saturated carbocycles. The van der Waals surface area contributed by atoms with Crippen LogP contribution in [0.2, 0.25) is 0 Å². The van der Waals surface area contributed by atoms with Crippen LogP contribution in [0.3, 0.4) is 0 Å². The Labute approximate surface area is 84.4 Å². The van der Waals surface area contributed by atoms with Crippen molar-refractivity contribution >= 4 is 5.95 Å². The van der Waals surface area contributed by atoms with Crippen LogP contribution in [-0.2, 0) is 0 Å². The lowest BCUT2D eigenvalue weighted by molar-refractivity contribution is 0.625. The van der Waals surface area contributed by atoms with Crippen molar-refractivity contribution in [2.75, 3.05) is 25.5 Å². The summed E-state index contributed by atoms with van der Waals surface area (Å²) >= 11 is 0. The highest BCUT2D eigenvalue weighted by Crippen LogP contribution is 2.21. The van der Waals surface area contributed by atoms with Crippen LogP contribution in [0.4, 0.5) is 5.95 Å². The van der Waals surface area contributed by atoms with Crippen LogP contribution in [0.25, 0.3) is 0 Å². The molecule has 1 aliphatic heterocycles. The molecule has 1 fully saturated rings. The van der Waals surface area contributed by atoms with Gasteiger partial charge in [-0.3, -0.25) is 0 Å². The highest BCUT2D eigenvalue weighted by molar-refractivity contribution is 5.28. The third-order valence-corrected chi connectivity index (χ3v) is 2.48. The summed E-state index contributed by atoms with van der Waals surface area (Å²) in [4.78, 5) is 10.6. The first-order valence-corrected chi connectivity index (χ1v) is 5.01. The second-order valence-corrected chi connectivity index (χ2v) is 3.82. The number of anilines is 1. The van der Waals surface area contributed by atoms with Gasteiger partial charge in [-0.2, -0.15) is 0 Å². The summed E-state index contributed by atoms with van der Waals surface area (Å²) in [6.45, 7) is 1.10. The van der Waals surface area contributed by atoms with Crippen LogP contribution in [0.15, 0.2) is 12.3 Å². The Bertz CT molecular complexity index is 305. The fourth-order valence-corrected chi connectivity index (χ4v) is 1.71. The lowest BCUT2D eigenvalue weighted by atomic mass is 10.1. The minimum absolute atomic E-state index is 0.427. The van der Waals surface area contributed by atoms with E-state index in [1.54, 1.807) is 0 Å². The fourth-order valence-electron chi connectivity index (χ4n) is 1.71. The van der Waals surface area contributed by atoms with Crippen LogP contribution < -0.4 is 10.2 Å². The van der Waals surface area contributed by atoms with Crippen molar-refractivity contribution < 1.29 is 0 Å². The summed E-state index contributed by atoms with van der Waals surface area (Å²) in [6.07, 6.45) is 4.26. The van der Waals surface area contributed by atoms with Crippen molar-refractivity contribution in [2.24, 2.45) is 0 Å².